The Morgan fingerprint density at radius 2 is 1.84 bits per heavy atom. The number of likely N-dealkylation sites (tertiary alicyclic amines) is 1. The molecule has 0 N–H and O–H groups in total. The second-order valence-electron chi connectivity index (χ2n) is 7.59. The first-order chi connectivity index (χ1) is 12.1. The number of ether oxygens (including phenoxy) is 2. The Hall–Kier alpha value is -1.59. The standard InChI is InChI=1S/C20H28N2O3/c1-15-12-16(2)17-4-3-7-22(18(17)13-15)14-19(23)21-8-5-20(6-9-21)24-10-11-25-20/h12-13H,3-11,14H2,1-2H3. The van der Waals surface area contributed by atoms with Crippen LogP contribution in [-0.4, -0.2) is 56.0 Å². The number of amides is 1. The summed E-state index contributed by atoms with van der Waals surface area (Å²) in [6.07, 6.45) is 3.81. The number of fused-ring (bicyclic) bond motifs is 1. The van der Waals surface area contributed by atoms with E-state index >= 15 is 0 Å². The first-order valence-corrected chi connectivity index (χ1v) is 9.47. The lowest BCUT2D eigenvalue weighted by Crippen LogP contribution is -2.50. The summed E-state index contributed by atoms with van der Waals surface area (Å²) in [7, 11) is 0. The zero-order valence-corrected chi connectivity index (χ0v) is 15.3. The maximum Gasteiger partial charge on any atom is 0.242 e. The Kier molecular flexibility index (Phi) is 4.46. The van der Waals surface area contributed by atoms with E-state index in [1.165, 1.54) is 22.4 Å². The van der Waals surface area contributed by atoms with Crippen molar-refractivity contribution in [3.63, 3.8) is 0 Å². The summed E-state index contributed by atoms with van der Waals surface area (Å²) in [6, 6.07) is 4.48. The molecule has 0 aliphatic carbocycles. The van der Waals surface area contributed by atoms with Crippen molar-refractivity contribution in [2.45, 2.75) is 45.3 Å². The molecule has 0 radical (unpaired) electrons. The summed E-state index contributed by atoms with van der Waals surface area (Å²) in [5.74, 6) is -0.192. The largest absolute Gasteiger partial charge is 0.362 e. The number of benzene rings is 1. The molecule has 3 heterocycles. The van der Waals surface area contributed by atoms with Gasteiger partial charge in [0.2, 0.25) is 5.91 Å². The number of hydrogen-bond donors (Lipinski definition) is 0. The highest BCUT2D eigenvalue weighted by Crippen LogP contribution is 2.33. The van der Waals surface area contributed by atoms with Crippen LogP contribution in [0.5, 0.6) is 0 Å². The molecule has 0 bridgehead atoms. The van der Waals surface area contributed by atoms with E-state index in [9.17, 15) is 4.79 Å². The molecule has 1 aromatic rings. The molecule has 5 nitrogen and oxygen atoms in total. The SMILES string of the molecule is Cc1cc(C)c2c(c1)N(CC(=O)N1CCC3(CC1)OCCO3)CCC2. The summed E-state index contributed by atoms with van der Waals surface area (Å²) < 4.78 is 11.5. The quantitative estimate of drug-likeness (QED) is 0.826. The molecule has 5 heteroatoms. The minimum absolute atomic E-state index is 0.222. The molecule has 4 rings (SSSR count). The normalized spacial score (nSPS) is 22.3. The Bertz CT molecular complexity index is 657. The summed E-state index contributed by atoms with van der Waals surface area (Å²) >= 11 is 0. The average molecular weight is 344 g/mol. The molecule has 2 fully saturated rings. The predicted octanol–water partition coefficient (Wildman–Crippen LogP) is 2.42. The molecule has 136 valence electrons. The van der Waals surface area contributed by atoms with Crippen LogP contribution in [0.15, 0.2) is 12.1 Å². The van der Waals surface area contributed by atoms with Crippen LogP contribution in [0.1, 0.15) is 36.0 Å². The van der Waals surface area contributed by atoms with Gasteiger partial charge in [-0.25, -0.2) is 0 Å². The Labute approximate surface area is 149 Å². The van der Waals surface area contributed by atoms with Gasteiger partial charge in [-0.2, -0.15) is 0 Å². The van der Waals surface area contributed by atoms with Crippen LogP contribution in [0.2, 0.25) is 0 Å². The molecule has 1 spiro atoms. The van der Waals surface area contributed by atoms with Crippen molar-refractivity contribution < 1.29 is 14.3 Å². The molecule has 0 atom stereocenters. The van der Waals surface area contributed by atoms with Gasteiger partial charge in [0.25, 0.3) is 0 Å². The number of carbonyl (C=O) groups excluding carboxylic acids is 1. The van der Waals surface area contributed by atoms with Gasteiger partial charge in [-0.15, -0.1) is 0 Å². The van der Waals surface area contributed by atoms with E-state index in [1.54, 1.807) is 0 Å². The third kappa shape index (κ3) is 3.27. The van der Waals surface area contributed by atoms with E-state index in [0.717, 1.165) is 45.3 Å². The second-order valence-corrected chi connectivity index (χ2v) is 7.59. The summed E-state index contributed by atoms with van der Waals surface area (Å²) in [5.41, 5.74) is 5.29. The number of piperidine rings is 1. The van der Waals surface area contributed by atoms with Crippen LogP contribution in [0, 0.1) is 13.8 Å². The number of anilines is 1. The molecule has 1 amide bonds. The summed E-state index contributed by atoms with van der Waals surface area (Å²) in [6.45, 7) is 8.57. The van der Waals surface area contributed by atoms with E-state index in [2.05, 4.69) is 30.9 Å². The predicted molar refractivity (Wildman–Crippen MR) is 96.9 cm³/mol. The van der Waals surface area contributed by atoms with Gasteiger partial charge < -0.3 is 19.3 Å². The van der Waals surface area contributed by atoms with Crippen LogP contribution >= 0.6 is 0 Å². The highest BCUT2D eigenvalue weighted by molar-refractivity contribution is 5.82. The van der Waals surface area contributed by atoms with Crippen molar-refractivity contribution >= 4 is 11.6 Å². The van der Waals surface area contributed by atoms with Crippen molar-refractivity contribution in [2.24, 2.45) is 0 Å². The molecule has 0 aromatic heterocycles. The van der Waals surface area contributed by atoms with E-state index in [1.807, 2.05) is 4.90 Å². The first-order valence-electron chi connectivity index (χ1n) is 9.47. The van der Waals surface area contributed by atoms with Gasteiger partial charge in [0.1, 0.15) is 0 Å². The zero-order valence-electron chi connectivity index (χ0n) is 15.3. The Morgan fingerprint density at radius 3 is 2.56 bits per heavy atom. The molecular formula is C20H28N2O3. The first kappa shape index (κ1) is 16.9. The van der Waals surface area contributed by atoms with Crippen LogP contribution in [0.4, 0.5) is 5.69 Å². The van der Waals surface area contributed by atoms with Crippen molar-refractivity contribution in [1.82, 2.24) is 4.90 Å². The molecule has 0 unspecified atom stereocenters. The number of carbonyl (C=O) groups is 1. The number of rotatable bonds is 2. The van der Waals surface area contributed by atoms with E-state index in [4.69, 9.17) is 9.47 Å². The zero-order chi connectivity index (χ0) is 17.4. The van der Waals surface area contributed by atoms with Gasteiger partial charge in [-0.1, -0.05) is 6.07 Å². The highest BCUT2D eigenvalue weighted by Gasteiger charge is 2.40. The van der Waals surface area contributed by atoms with Crippen LogP contribution in [0.3, 0.4) is 0 Å². The van der Waals surface area contributed by atoms with Gasteiger partial charge in [0.15, 0.2) is 5.79 Å². The fourth-order valence-corrected chi connectivity index (χ4v) is 4.46. The number of hydrogen-bond acceptors (Lipinski definition) is 4. The maximum absolute atomic E-state index is 12.9. The Morgan fingerprint density at radius 1 is 1.12 bits per heavy atom. The van der Waals surface area contributed by atoms with E-state index in [-0.39, 0.29) is 5.91 Å². The monoisotopic (exact) mass is 344 g/mol. The van der Waals surface area contributed by atoms with Crippen molar-refractivity contribution in [3.8, 4) is 0 Å². The fourth-order valence-electron chi connectivity index (χ4n) is 4.46. The lowest BCUT2D eigenvalue weighted by molar-refractivity contribution is -0.187. The summed E-state index contributed by atoms with van der Waals surface area (Å²) in [4.78, 5) is 17.1. The van der Waals surface area contributed by atoms with Crippen molar-refractivity contribution in [1.29, 1.82) is 0 Å². The summed E-state index contributed by atoms with van der Waals surface area (Å²) in [5, 5.41) is 0. The molecular weight excluding hydrogens is 316 g/mol. The molecule has 0 saturated carbocycles. The van der Waals surface area contributed by atoms with Crippen LogP contribution < -0.4 is 4.90 Å². The molecule has 25 heavy (non-hydrogen) atoms. The third-order valence-corrected chi connectivity index (χ3v) is 5.81. The topological polar surface area (TPSA) is 42.0 Å². The third-order valence-electron chi connectivity index (χ3n) is 5.81. The second kappa shape index (κ2) is 6.61. The van der Waals surface area contributed by atoms with E-state index < -0.39 is 5.79 Å². The smallest absolute Gasteiger partial charge is 0.242 e. The van der Waals surface area contributed by atoms with Crippen molar-refractivity contribution in [2.75, 3.05) is 44.3 Å². The molecule has 3 aliphatic heterocycles. The highest BCUT2D eigenvalue weighted by atomic mass is 16.7. The lowest BCUT2D eigenvalue weighted by atomic mass is 9.95. The van der Waals surface area contributed by atoms with Crippen LogP contribution in [0.25, 0.3) is 0 Å². The molecule has 1 aromatic carbocycles. The lowest BCUT2D eigenvalue weighted by Gasteiger charge is -2.39. The van der Waals surface area contributed by atoms with Crippen LogP contribution in [-0.2, 0) is 20.7 Å². The molecule has 2 saturated heterocycles. The number of nitrogens with zero attached hydrogens (tertiary/aromatic N) is 2. The van der Waals surface area contributed by atoms with E-state index in [0.29, 0.717) is 19.8 Å². The van der Waals surface area contributed by atoms with Gasteiger partial charge in [0.05, 0.1) is 19.8 Å². The Balaban J connectivity index is 1.42. The minimum atomic E-state index is -0.414. The number of aryl methyl sites for hydroxylation is 2. The average Bonchev–Trinajstić information content (AvgIpc) is 3.04. The minimum Gasteiger partial charge on any atom is -0.362 e. The maximum atomic E-state index is 12.9. The van der Waals surface area contributed by atoms with Gasteiger partial charge in [-0.3, -0.25) is 4.79 Å². The van der Waals surface area contributed by atoms with Gasteiger partial charge in [0, 0.05) is 38.2 Å². The van der Waals surface area contributed by atoms with Gasteiger partial charge >= 0.3 is 0 Å². The van der Waals surface area contributed by atoms with Crippen molar-refractivity contribution in [3.05, 3.63) is 28.8 Å². The fraction of sp³-hybridized carbons (Fsp3) is 0.650. The van der Waals surface area contributed by atoms with Gasteiger partial charge in [-0.05, 0) is 49.4 Å². The molecule has 3 aliphatic rings.